The molecule has 0 N–H and O–H groups in total. The van der Waals surface area contributed by atoms with Gasteiger partial charge in [-0.3, -0.25) is 0 Å². The molecule has 0 saturated carbocycles. The zero-order chi connectivity index (χ0) is 17.5. The molecular formula is C25H28. The molecular weight excluding hydrogens is 300 g/mol. The summed E-state index contributed by atoms with van der Waals surface area (Å²) >= 11 is 0. The first-order valence-electron chi connectivity index (χ1n) is 9.44. The number of benzene rings is 3. The Bertz CT molecular complexity index is 796. The lowest BCUT2D eigenvalue weighted by atomic mass is 9.95. The minimum absolute atomic E-state index is 1.01. The predicted octanol–water partition coefficient (Wildman–Crippen LogP) is 6.52. The van der Waals surface area contributed by atoms with Crippen molar-refractivity contribution in [3.63, 3.8) is 0 Å². The third kappa shape index (κ3) is 5.06. The molecule has 0 saturated heterocycles. The molecule has 0 heteroatoms. The second-order valence-electron chi connectivity index (χ2n) is 7.03. The van der Waals surface area contributed by atoms with Crippen LogP contribution >= 0.6 is 0 Å². The van der Waals surface area contributed by atoms with Crippen molar-refractivity contribution in [1.82, 2.24) is 0 Å². The van der Waals surface area contributed by atoms with Crippen LogP contribution in [0.5, 0.6) is 0 Å². The molecule has 0 spiro atoms. The van der Waals surface area contributed by atoms with Gasteiger partial charge in [-0.15, -0.1) is 0 Å². The quantitative estimate of drug-likeness (QED) is 0.463. The average Bonchev–Trinajstić information content (AvgIpc) is 2.63. The number of rotatable bonds is 7. The summed E-state index contributed by atoms with van der Waals surface area (Å²) < 4.78 is 0. The van der Waals surface area contributed by atoms with Crippen molar-refractivity contribution in [1.29, 1.82) is 0 Å². The van der Waals surface area contributed by atoms with Crippen LogP contribution in [0.2, 0.25) is 0 Å². The van der Waals surface area contributed by atoms with Gasteiger partial charge in [-0.25, -0.2) is 0 Å². The summed E-state index contributed by atoms with van der Waals surface area (Å²) in [7, 11) is 0. The van der Waals surface area contributed by atoms with E-state index in [4.69, 9.17) is 0 Å². The summed E-state index contributed by atoms with van der Waals surface area (Å²) in [5, 5.41) is 0. The van der Waals surface area contributed by atoms with Crippen molar-refractivity contribution >= 4 is 0 Å². The van der Waals surface area contributed by atoms with Gasteiger partial charge in [0.1, 0.15) is 0 Å². The Morgan fingerprint density at radius 1 is 0.640 bits per heavy atom. The van der Waals surface area contributed by atoms with Crippen LogP contribution in [-0.2, 0) is 19.3 Å². The van der Waals surface area contributed by atoms with E-state index in [1.54, 1.807) is 0 Å². The lowest BCUT2D eigenvalue weighted by molar-refractivity contribution is 0.788. The van der Waals surface area contributed by atoms with Crippen molar-refractivity contribution < 1.29 is 0 Å². The molecule has 0 amide bonds. The molecule has 0 atom stereocenters. The summed E-state index contributed by atoms with van der Waals surface area (Å²) in [5.41, 5.74) is 8.48. The molecule has 0 aliphatic carbocycles. The van der Waals surface area contributed by atoms with E-state index in [1.807, 2.05) is 0 Å². The Kier molecular flexibility index (Phi) is 6.06. The lowest BCUT2D eigenvalue weighted by Gasteiger charge is -2.10. The normalized spacial score (nSPS) is 10.8. The van der Waals surface area contributed by atoms with Crippen molar-refractivity contribution in [3.8, 4) is 0 Å². The number of unbranched alkanes of at least 4 members (excludes halogenated alkanes) is 1. The molecule has 0 radical (unpaired) electrons. The van der Waals surface area contributed by atoms with Gasteiger partial charge >= 0.3 is 0 Å². The standard InChI is InChI=1S/C25H28/c1-3-4-10-24-11-5-6-12-25(24)19-22-15-13-21(14-16-22)18-23-9-7-8-20(2)17-23/h5-9,11-17H,3-4,10,18-19H2,1-2H3. The molecule has 128 valence electrons. The van der Waals surface area contributed by atoms with Crippen LogP contribution in [0, 0.1) is 6.92 Å². The molecule has 0 aromatic heterocycles. The second kappa shape index (κ2) is 8.67. The minimum atomic E-state index is 1.01. The first-order valence-corrected chi connectivity index (χ1v) is 9.44. The lowest BCUT2D eigenvalue weighted by Crippen LogP contribution is -1.96. The Balaban J connectivity index is 1.69. The van der Waals surface area contributed by atoms with Gasteiger partial charge in [0, 0.05) is 0 Å². The van der Waals surface area contributed by atoms with Crippen LogP contribution in [0.15, 0.2) is 72.8 Å². The zero-order valence-electron chi connectivity index (χ0n) is 15.5. The topological polar surface area (TPSA) is 0 Å². The van der Waals surface area contributed by atoms with E-state index in [0.29, 0.717) is 0 Å². The molecule has 0 bridgehead atoms. The van der Waals surface area contributed by atoms with Crippen molar-refractivity contribution in [2.45, 2.75) is 46.0 Å². The van der Waals surface area contributed by atoms with Gasteiger partial charge < -0.3 is 0 Å². The van der Waals surface area contributed by atoms with Crippen molar-refractivity contribution in [2.75, 3.05) is 0 Å². The highest BCUT2D eigenvalue weighted by Gasteiger charge is 2.04. The maximum absolute atomic E-state index is 2.29. The van der Waals surface area contributed by atoms with E-state index >= 15 is 0 Å². The van der Waals surface area contributed by atoms with Gasteiger partial charge in [0.25, 0.3) is 0 Å². The molecule has 0 aliphatic rings. The second-order valence-corrected chi connectivity index (χ2v) is 7.03. The van der Waals surface area contributed by atoms with Gasteiger partial charge in [-0.1, -0.05) is 91.7 Å². The molecule has 0 fully saturated rings. The molecule has 3 rings (SSSR count). The molecule has 3 aromatic carbocycles. The van der Waals surface area contributed by atoms with Crippen LogP contribution in [0.1, 0.15) is 53.1 Å². The van der Waals surface area contributed by atoms with Crippen LogP contribution in [0.3, 0.4) is 0 Å². The first-order chi connectivity index (χ1) is 12.2. The highest BCUT2D eigenvalue weighted by molar-refractivity contribution is 5.35. The minimum Gasteiger partial charge on any atom is -0.0654 e. The Morgan fingerprint density at radius 3 is 2.00 bits per heavy atom. The summed E-state index contributed by atoms with van der Waals surface area (Å²) in [6.45, 7) is 4.41. The summed E-state index contributed by atoms with van der Waals surface area (Å²) in [6, 6.07) is 26.8. The fraction of sp³-hybridized carbons (Fsp3) is 0.280. The van der Waals surface area contributed by atoms with Crippen LogP contribution in [0.4, 0.5) is 0 Å². The summed E-state index contributed by atoms with van der Waals surface area (Å²) in [6.07, 6.45) is 5.76. The highest BCUT2D eigenvalue weighted by atomic mass is 14.1. The third-order valence-electron chi connectivity index (χ3n) is 4.83. The largest absolute Gasteiger partial charge is 0.0654 e. The predicted molar refractivity (Wildman–Crippen MR) is 108 cm³/mol. The van der Waals surface area contributed by atoms with E-state index in [2.05, 4.69) is 86.6 Å². The van der Waals surface area contributed by atoms with E-state index in [9.17, 15) is 0 Å². The van der Waals surface area contributed by atoms with Crippen LogP contribution < -0.4 is 0 Å². The van der Waals surface area contributed by atoms with Gasteiger partial charge in [-0.2, -0.15) is 0 Å². The van der Waals surface area contributed by atoms with E-state index in [-0.39, 0.29) is 0 Å². The number of hydrogen-bond donors (Lipinski definition) is 0. The van der Waals surface area contributed by atoms with Gasteiger partial charge in [0.15, 0.2) is 0 Å². The fourth-order valence-electron chi connectivity index (χ4n) is 3.39. The zero-order valence-corrected chi connectivity index (χ0v) is 15.5. The SMILES string of the molecule is CCCCc1ccccc1Cc1ccc(Cc2cccc(C)c2)cc1. The van der Waals surface area contributed by atoms with E-state index < -0.39 is 0 Å². The number of hydrogen-bond acceptors (Lipinski definition) is 0. The Labute approximate surface area is 152 Å². The highest BCUT2D eigenvalue weighted by Crippen LogP contribution is 2.18. The molecule has 0 aliphatic heterocycles. The number of aryl methyl sites for hydroxylation is 2. The third-order valence-corrected chi connectivity index (χ3v) is 4.83. The molecule has 0 heterocycles. The van der Waals surface area contributed by atoms with E-state index in [0.717, 1.165) is 12.8 Å². The summed E-state index contributed by atoms with van der Waals surface area (Å²) in [5.74, 6) is 0. The molecule has 3 aromatic rings. The van der Waals surface area contributed by atoms with E-state index in [1.165, 1.54) is 52.6 Å². The molecule has 0 nitrogen and oxygen atoms in total. The Morgan fingerprint density at radius 2 is 1.32 bits per heavy atom. The molecule has 0 unspecified atom stereocenters. The van der Waals surface area contributed by atoms with Crippen LogP contribution in [0.25, 0.3) is 0 Å². The average molecular weight is 328 g/mol. The van der Waals surface area contributed by atoms with Crippen LogP contribution in [-0.4, -0.2) is 0 Å². The first kappa shape index (κ1) is 17.5. The molecule has 25 heavy (non-hydrogen) atoms. The maximum Gasteiger partial charge on any atom is -0.00230 e. The van der Waals surface area contributed by atoms with Crippen molar-refractivity contribution in [3.05, 3.63) is 106 Å². The smallest absolute Gasteiger partial charge is 0.00230 e. The van der Waals surface area contributed by atoms with Gasteiger partial charge in [0.2, 0.25) is 0 Å². The maximum atomic E-state index is 2.29. The Hall–Kier alpha value is -2.34. The van der Waals surface area contributed by atoms with Gasteiger partial charge in [0.05, 0.1) is 0 Å². The summed E-state index contributed by atoms with van der Waals surface area (Å²) in [4.78, 5) is 0. The van der Waals surface area contributed by atoms with Crippen molar-refractivity contribution in [2.24, 2.45) is 0 Å². The van der Waals surface area contributed by atoms with Gasteiger partial charge in [-0.05, 0) is 60.4 Å². The monoisotopic (exact) mass is 328 g/mol. The fourth-order valence-corrected chi connectivity index (χ4v) is 3.39.